The Bertz CT molecular complexity index is 281. The smallest absolute Gasteiger partial charge is 0.0307 e. The van der Waals surface area contributed by atoms with Crippen molar-refractivity contribution in [3.05, 3.63) is 11.6 Å². The van der Waals surface area contributed by atoms with Gasteiger partial charge >= 0.3 is 0 Å². The van der Waals surface area contributed by atoms with Crippen LogP contribution in [0.1, 0.15) is 78.1 Å². The molecule has 19 heavy (non-hydrogen) atoms. The summed E-state index contributed by atoms with van der Waals surface area (Å²) in [7, 11) is 0. The van der Waals surface area contributed by atoms with Crippen molar-refractivity contribution in [2.45, 2.75) is 84.1 Å². The Labute approximate surface area is 120 Å². The van der Waals surface area contributed by atoms with Gasteiger partial charge in [0, 0.05) is 6.04 Å². The maximum Gasteiger partial charge on any atom is 0.0307 e. The predicted octanol–water partition coefficient (Wildman–Crippen LogP) is 5.07. The number of likely N-dealkylation sites (N-methyl/N-ethyl adjacent to an activating group) is 1. The lowest BCUT2D eigenvalue weighted by molar-refractivity contribution is 0.222. The molecule has 2 rings (SSSR count). The van der Waals surface area contributed by atoms with E-state index in [1.165, 1.54) is 64.2 Å². The summed E-state index contributed by atoms with van der Waals surface area (Å²) in [5, 5.41) is 3.83. The van der Waals surface area contributed by atoms with Crippen LogP contribution in [0.15, 0.2) is 11.6 Å². The average Bonchev–Trinajstić information content (AvgIpc) is 2.74. The summed E-state index contributed by atoms with van der Waals surface area (Å²) in [5.74, 6) is 1.90. The van der Waals surface area contributed by atoms with Gasteiger partial charge in [-0.3, -0.25) is 0 Å². The molecule has 1 nitrogen and oxygen atoms in total. The second-order valence-corrected chi connectivity index (χ2v) is 6.61. The maximum absolute atomic E-state index is 3.83. The van der Waals surface area contributed by atoms with E-state index in [-0.39, 0.29) is 0 Å². The highest BCUT2D eigenvalue weighted by Gasteiger charge is 2.29. The first-order chi connectivity index (χ1) is 9.35. The van der Waals surface area contributed by atoms with Gasteiger partial charge in [-0.25, -0.2) is 0 Å². The van der Waals surface area contributed by atoms with Crippen molar-refractivity contribution in [1.82, 2.24) is 5.32 Å². The molecule has 1 heteroatoms. The molecule has 0 aromatic rings. The number of rotatable bonds is 5. The molecule has 3 unspecified atom stereocenters. The zero-order chi connectivity index (χ0) is 13.5. The third-order valence-electron chi connectivity index (χ3n) is 5.27. The Morgan fingerprint density at radius 2 is 2.05 bits per heavy atom. The van der Waals surface area contributed by atoms with E-state index in [1.54, 1.807) is 5.57 Å². The summed E-state index contributed by atoms with van der Waals surface area (Å²) in [6.07, 6.45) is 16.7. The molecule has 1 saturated carbocycles. The van der Waals surface area contributed by atoms with Crippen molar-refractivity contribution in [2.24, 2.45) is 11.8 Å². The first-order valence-electron chi connectivity index (χ1n) is 8.77. The van der Waals surface area contributed by atoms with Crippen molar-refractivity contribution in [3.63, 3.8) is 0 Å². The average molecular weight is 263 g/mol. The molecule has 2 aliphatic rings. The fourth-order valence-corrected chi connectivity index (χ4v) is 4.15. The molecule has 0 amide bonds. The van der Waals surface area contributed by atoms with E-state index in [1.807, 2.05) is 0 Å². The van der Waals surface area contributed by atoms with Gasteiger partial charge in [0.15, 0.2) is 0 Å². The number of nitrogens with one attached hydrogen (secondary N) is 1. The van der Waals surface area contributed by atoms with Crippen molar-refractivity contribution in [3.8, 4) is 0 Å². The molecule has 110 valence electrons. The van der Waals surface area contributed by atoms with E-state index < -0.39 is 0 Å². The van der Waals surface area contributed by atoms with Crippen molar-refractivity contribution in [2.75, 3.05) is 6.54 Å². The Hall–Kier alpha value is -0.300. The molecule has 0 saturated heterocycles. The highest BCUT2D eigenvalue weighted by molar-refractivity contribution is 5.14. The zero-order valence-corrected chi connectivity index (χ0v) is 13.1. The van der Waals surface area contributed by atoms with Crippen LogP contribution in [0.5, 0.6) is 0 Å². The van der Waals surface area contributed by atoms with E-state index in [9.17, 15) is 0 Å². The highest BCUT2D eigenvalue weighted by Crippen LogP contribution is 2.36. The van der Waals surface area contributed by atoms with E-state index in [2.05, 4.69) is 25.2 Å². The zero-order valence-electron chi connectivity index (χ0n) is 13.1. The van der Waals surface area contributed by atoms with Crippen molar-refractivity contribution < 1.29 is 0 Å². The Morgan fingerprint density at radius 1 is 1.16 bits per heavy atom. The molecule has 0 radical (unpaired) electrons. The summed E-state index contributed by atoms with van der Waals surface area (Å²) < 4.78 is 0. The fourth-order valence-electron chi connectivity index (χ4n) is 4.15. The van der Waals surface area contributed by atoms with Crippen molar-refractivity contribution >= 4 is 0 Å². The SMILES string of the molecule is CCNC(C1=CCCCCC1)C1CCCC(CC)C1. The lowest BCUT2D eigenvalue weighted by Gasteiger charge is -2.36. The summed E-state index contributed by atoms with van der Waals surface area (Å²) in [5.41, 5.74) is 1.75. The van der Waals surface area contributed by atoms with Gasteiger partial charge in [0.25, 0.3) is 0 Å². The van der Waals surface area contributed by atoms with Gasteiger partial charge in [0.1, 0.15) is 0 Å². The first kappa shape index (κ1) is 15.1. The monoisotopic (exact) mass is 263 g/mol. The Balaban J connectivity index is 2.03. The number of allylic oxidation sites excluding steroid dienone is 1. The van der Waals surface area contributed by atoms with E-state index >= 15 is 0 Å². The summed E-state index contributed by atoms with van der Waals surface area (Å²) in [6.45, 7) is 5.76. The Kier molecular flexibility index (Phi) is 6.43. The number of hydrogen-bond acceptors (Lipinski definition) is 1. The van der Waals surface area contributed by atoms with Crippen LogP contribution in [0.25, 0.3) is 0 Å². The summed E-state index contributed by atoms with van der Waals surface area (Å²) in [4.78, 5) is 0. The van der Waals surface area contributed by atoms with Gasteiger partial charge < -0.3 is 5.32 Å². The molecule has 0 aliphatic heterocycles. The molecule has 0 aromatic heterocycles. The second-order valence-electron chi connectivity index (χ2n) is 6.61. The molecule has 0 spiro atoms. The van der Waals surface area contributed by atoms with Gasteiger partial charge in [0.2, 0.25) is 0 Å². The molecular weight excluding hydrogens is 230 g/mol. The summed E-state index contributed by atoms with van der Waals surface area (Å²) >= 11 is 0. The lowest BCUT2D eigenvalue weighted by Crippen LogP contribution is -2.40. The largest absolute Gasteiger partial charge is 0.310 e. The second kappa shape index (κ2) is 8.09. The van der Waals surface area contributed by atoms with Gasteiger partial charge in [-0.1, -0.05) is 51.2 Å². The molecule has 0 heterocycles. The highest BCUT2D eigenvalue weighted by atomic mass is 14.9. The van der Waals surface area contributed by atoms with Crippen LogP contribution >= 0.6 is 0 Å². The molecule has 0 bridgehead atoms. The molecule has 0 aromatic carbocycles. The minimum atomic E-state index is 0.692. The van der Waals surface area contributed by atoms with Gasteiger partial charge in [-0.15, -0.1) is 0 Å². The topological polar surface area (TPSA) is 12.0 Å². The minimum Gasteiger partial charge on any atom is -0.310 e. The third kappa shape index (κ3) is 4.34. The molecule has 1 N–H and O–H groups in total. The van der Waals surface area contributed by atoms with E-state index in [0.717, 1.165) is 18.4 Å². The van der Waals surface area contributed by atoms with Gasteiger partial charge in [-0.05, 0) is 56.9 Å². The standard InChI is InChI=1S/C18H33N/c1-3-15-10-9-13-17(14-15)18(19-4-2)16-11-7-5-6-8-12-16/h11,15,17-19H,3-10,12-14H2,1-2H3. The van der Waals surface area contributed by atoms with Crippen LogP contribution in [-0.2, 0) is 0 Å². The maximum atomic E-state index is 3.83. The molecular formula is C18H33N. The van der Waals surface area contributed by atoms with Gasteiger partial charge in [0.05, 0.1) is 0 Å². The van der Waals surface area contributed by atoms with Crippen LogP contribution in [0, 0.1) is 11.8 Å². The number of hydrogen-bond donors (Lipinski definition) is 1. The van der Waals surface area contributed by atoms with E-state index in [0.29, 0.717) is 6.04 Å². The van der Waals surface area contributed by atoms with Crippen LogP contribution in [0.3, 0.4) is 0 Å². The minimum absolute atomic E-state index is 0.692. The molecule has 2 aliphatic carbocycles. The third-order valence-corrected chi connectivity index (χ3v) is 5.27. The fraction of sp³-hybridized carbons (Fsp3) is 0.889. The molecule has 3 atom stereocenters. The summed E-state index contributed by atoms with van der Waals surface area (Å²) in [6, 6.07) is 0.692. The van der Waals surface area contributed by atoms with Crippen LogP contribution in [0.4, 0.5) is 0 Å². The normalized spacial score (nSPS) is 30.5. The molecule has 1 fully saturated rings. The van der Waals surface area contributed by atoms with E-state index in [4.69, 9.17) is 0 Å². The van der Waals surface area contributed by atoms with Crippen LogP contribution < -0.4 is 5.32 Å². The van der Waals surface area contributed by atoms with Crippen molar-refractivity contribution in [1.29, 1.82) is 0 Å². The Morgan fingerprint density at radius 3 is 2.84 bits per heavy atom. The van der Waals surface area contributed by atoms with Gasteiger partial charge in [-0.2, -0.15) is 0 Å². The predicted molar refractivity (Wildman–Crippen MR) is 84.4 cm³/mol. The quantitative estimate of drug-likeness (QED) is 0.683. The lowest BCUT2D eigenvalue weighted by atomic mass is 9.74. The first-order valence-corrected chi connectivity index (χ1v) is 8.77. The van der Waals surface area contributed by atoms with Crippen LogP contribution in [0.2, 0.25) is 0 Å². The van der Waals surface area contributed by atoms with Crippen LogP contribution in [-0.4, -0.2) is 12.6 Å².